The van der Waals surface area contributed by atoms with Crippen LogP contribution in [0.15, 0.2) is 30.3 Å². The molecule has 2 unspecified atom stereocenters. The summed E-state index contributed by atoms with van der Waals surface area (Å²) in [6.07, 6.45) is -0.438. The molecular formula is C14H17BINO2. The Kier molecular flexibility index (Phi) is 3.90. The summed E-state index contributed by atoms with van der Waals surface area (Å²) in [7, 11) is 6.01. The molecule has 0 amide bonds. The van der Waals surface area contributed by atoms with Crippen LogP contribution in [-0.2, 0) is 11.3 Å². The highest BCUT2D eigenvalue weighted by Crippen LogP contribution is 2.41. The Labute approximate surface area is 128 Å². The third kappa shape index (κ3) is 2.46. The third-order valence-corrected chi connectivity index (χ3v) is 5.46. The van der Waals surface area contributed by atoms with Crippen LogP contribution in [0, 0.1) is 5.92 Å². The number of halogens is 1. The van der Waals surface area contributed by atoms with Crippen molar-refractivity contribution in [3.8, 4) is 0 Å². The molecule has 5 heteroatoms. The van der Waals surface area contributed by atoms with E-state index in [2.05, 4.69) is 51.8 Å². The summed E-state index contributed by atoms with van der Waals surface area (Å²) in [5, 5.41) is 10.4. The highest BCUT2D eigenvalue weighted by atomic mass is 127. The number of hydrogen-bond acceptors (Lipinski definition) is 3. The number of alkyl halides is 1. The van der Waals surface area contributed by atoms with Crippen molar-refractivity contribution in [3.05, 3.63) is 35.9 Å². The molecule has 100 valence electrons. The highest BCUT2D eigenvalue weighted by molar-refractivity contribution is 14.1. The minimum atomic E-state index is -0.488. The van der Waals surface area contributed by atoms with Crippen LogP contribution in [0.3, 0.4) is 0 Å². The third-order valence-electron chi connectivity index (χ3n) is 4.17. The van der Waals surface area contributed by atoms with E-state index in [1.807, 2.05) is 6.07 Å². The molecule has 0 spiro atoms. The number of ether oxygens (including phenoxy) is 1. The van der Waals surface area contributed by atoms with Crippen molar-refractivity contribution in [1.29, 1.82) is 0 Å². The van der Waals surface area contributed by atoms with E-state index in [0.29, 0.717) is 0 Å². The minimum absolute atomic E-state index is 0.0206. The minimum Gasteiger partial charge on any atom is -0.390 e. The number of likely N-dealkylation sites (tertiary alicyclic amines) is 1. The van der Waals surface area contributed by atoms with E-state index in [1.165, 1.54) is 5.56 Å². The van der Waals surface area contributed by atoms with Crippen molar-refractivity contribution in [3.63, 3.8) is 0 Å². The van der Waals surface area contributed by atoms with E-state index in [9.17, 15) is 5.11 Å². The van der Waals surface area contributed by atoms with E-state index in [4.69, 9.17) is 12.6 Å². The van der Waals surface area contributed by atoms with E-state index >= 15 is 0 Å². The van der Waals surface area contributed by atoms with Crippen LogP contribution in [0.2, 0.25) is 0 Å². The van der Waals surface area contributed by atoms with Crippen LogP contribution in [-0.4, -0.2) is 53.1 Å². The second-order valence-corrected chi connectivity index (χ2v) is 6.31. The molecular weight excluding hydrogens is 352 g/mol. The van der Waals surface area contributed by atoms with Crippen molar-refractivity contribution in [2.45, 2.75) is 24.3 Å². The first-order valence-corrected chi connectivity index (χ1v) is 8.11. The lowest BCUT2D eigenvalue weighted by molar-refractivity contribution is -0.0807. The first-order valence-electron chi connectivity index (χ1n) is 6.58. The molecule has 1 aromatic rings. The van der Waals surface area contributed by atoms with Crippen molar-refractivity contribution in [2.75, 3.05) is 17.5 Å². The van der Waals surface area contributed by atoms with Crippen LogP contribution < -0.4 is 0 Å². The Morgan fingerprint density at radius 2 is 2.16 bits per heavy atom. The molecule has 2 aliphatic rings. The Hall–Kier alpha value is -0.105. The lowest BCUT2D eigenvalue weighted by atomic mass is 9.79. The molecule has 2 radical (unpaired) electrons. The molecule has 0 aromatic heterocycles. The maximum Gasteiger partial charge on any atom is 0.115 e. The normalized spacial score (nSPS) is 38.5. The second-order valence-electron chi connectivity index (χ2n) is 5.54. The molecule has 2 saturated heterocycles. The van der Waals surface area contributed by atoms with E-state index in [-0.39, 0.29) is 11.9 Å². The van der Waals surface area contributed by atoms with E-state index < -0.39 is 11.7 Å². The number of rotatable bonds is 3. The van der Waals surface area contributed by atoms with Crippen LogP contribution in [0.4, 0.5) is 0 Å². The van der Waals surface area contributed by atoms with Gasteiger partial charge >= 0.3 is 0 Å². The van der Waals surface area contributed by atoms with Gasteiger partial charge in [0.25, 0.3) is 0 Å². The average Bonchev–Trinajstić information content (AvgIpc) is 2.57. The van der Waals surface area contributed by atoms with Gasteiger partial charge in [0, 0.05) is 36.0 Å². The molecule has 2 heterocycles. The summed E-state index contributed by atoms with van der Waals surface area (Å²) < 4.78 is 6.65. The molecule has 1 N–H and O–H groups in total. The number of aliphatic hydroxyl groups is 1. The molecule has 19 heavy (non-hydrogen) atoms. The zero-order chi connectivity index (χ0) is 13.5. The Bertz CT molecular complexity index is 446. The van der Waals surface area contributed by atoms with Gasteiger partial charge in [-0.05, 0) is 5.56 Å². The number of nitrogens with zero attached hydrogens (tertiary/aromatic N) is 1. The van der Waals surface area contributed by atoms with Gasteiger partial charge in [0.15, 0.2) is 0 Å². The molecule has 2 fully saturated rings. The fourth-order valence-corrected chi connectivity index (χ4v) is 4.06. The van der Waals surface area contributed by atoms with E-state index in [0.717, 1.165) is 24.1 Å². The second kappa shape index (κ2) is 5.35. The predicted octanol–water partition coefficient (Wildman–Crippen LogP) is 1.18. The first-order chi connectivity index (χ1) is 9.14. The summed E-state index contributed by atoms with van der Waals surface area (Å²) >= 11 is 2.29. The van der Waals surface area contributed by atoms with Crippen molar-refractivity contribution < 1.29 is 9.84 Å². The fourth-order valence-electron chi connectivity index (χ4n) is 3.19. The predicted molar refractivity (Wildman–Crippen MR) is 83.5 cm³/mol. The zero-order valence-corrected chi connectivity index (χ0v) is 12.9. The van der Waals surface area contributed by atoms with Crippen LogP contribution in [0.5, 0.6) is 0 Å². The zero-order valence-electron chi connectivity index (χ0n) is 10.7. The van der Waals surface area contributed by atoms with Gasteiger partial charge in [-0.2, -0.15) is 0 Å². The Morgan fingerprint density at radius 3 is 2.84 bits per heavy atom. The summed E-state index contributed by atoms with van der Waals surface area (Å²) in [4.78, 5) is 2.35. The van der Waals surface area contributed by atoms with Crippen molar-refractivity contribution in [2.24, 2.45) is 5.92 Å². The lowest BCUT2D eigenvalue weighted by Gasteiger charge is -2.41. The fraction of sp³-hybridized carbons (Fsp3) is 0.571. The molecule has 3 rings (SSSR count). The van der Waals surface area contributed by atoms with Crippen LogP contribution in [0.25, 0.3) is 0 Å². The monoisotopic (exact) mass is 369 g/mol. The quantitative estimate of drug-likeness (QED) is 0.494. The van der Waals surface area contributed by atoms with Gasteiger partial charge in [-0.25, -0.2) is 0 Å². The number of benzene rings is 1. The standard InChI is InChI=1S/C14H17BINO2/c15-13-11-7-17(6-10-4-2-1-3-5-10)9-14(8-16,19-13)12(11)18/h1-5,11-13,18H,6-9H2/t11?,12?,13-,14+/m1/s1. The molecule has 2 aliphatic heterocycles. The maximum atomic E-state index is 10.4. The van der Waals surface area contributed by atoms with Gasteiger partial charge < -0.3 is 9.84 Å². The summed E-state index contributed by atoms with van der Waals surface area (Å²) in [5.74, 6) is 0.0206. The summed E-state index contributed by atoms with van der Waals surface area (Å²) in [5.41, 5.74) is 0.799. The first kappa shape index (κ1) is 13.9. The Morgan fingerprint density at radius 1 is 1.42 bits per heavy atom. The highest BCUT2D eigenvalue weighted by Gasteiger charge is 2.56. The molecule has 2 bridgehead atoms. The van der Waals surface area contributed by atoms with E-state index in [1.54, 1.807) is 0 Å². The Balaban J connectivity index is 1.77. The van der Waals surface area contributed by atoms with Gasteiger partial charge in [-0.3, -0.25) is 4.90 Å². The van der Waals surface area contributed by atoms with Gasteiger partial charge in [0.05, 0.1) is 6.10 Å². The van der Waals surface area contributed by atoms with Gasteiger partial charge in [-0.15, -0.1) is 0 Å². The largest absolute Gasteiger partial charge is 0.390 e. The van der Waals surface area contributed by atoms with Crippen molar-refractivity contribution >= 4 is 30.4 Å². The number of aliphatic hydroxyl groups excluding tert-OH is 1. The van der Waals surface area contributed by atoms with Gasteiger partial charge in [0.2, 0.25) is 0 Å². The number of hydrogen-bond donors (Lipinski definition) is 1. The van der Waals surface area contributed by atoms with Crippen LogP contribution >= 0.6 is 22.6 Å². The molecule has 4 atom stereocenters. The number of fused-ring (bicyclic) bond motifs is 2. The van der Waals surface area contributed by atoms with Gasteiger partial charge in [0.1, 0.15) is 13.4 Å². The topological polar surface area (TPSA) is 32.7 Å². The smallest absolute Gasteiger partial charge is 0.115 e. The van der Waals surface area contributed by atoms with Crippen LogP contribution in [0.1, 0.15) is 5.56 Å². The average molecular weight is 369 g/mol. The SMILES string of the molecule is [B][C@@H]1O[C@@]2(CI)CN(Cc3ccccc3)CC1C2O. The molecule has 0 aliphatic carbocycles. The number of piperidine rings is 1. The summed E-state index contributed by atoms with van der Waals surface area (Å²) in [6, 6.07) is 10.1. The lowest BCUT2D eigenvalue weighted by Crippen LogP contribution is -2.57. The van der Waals surface area contributed by atoms with Gasteiger partial charge in [-0.1, -0.05) is 52.9 Å². The molecule has 1 aromatic carbocycles. The maximum absolute atomic E-state index is 10.4. The van der Waals surface area contributed by atoms with Crippen molar-refractivity contribution in [1.82, 2.24) is 4.90 Å². The molecule has 0 saturated carbocycles. The molecule has 3 nitrogen and oxygen atoms in total. The summed E-state index contributed by atoms with van der Waals surface area (Å²) in [6.45, 7) is 2.43.